The van der Waals surface area contributed by atoms with Crippen molar-refractivity contribution in [2.24, 2.45) is 7.05 Å². The lowest BCUT2D eigenvalue weighted by atomic mass is 10.3. The summed E-state index contributed by atoms with van der Waals surface area (Å²) in [5.41, 5.74) is 1.78. The highest BCUT2D eigenvalue weighted by atomic mass is 16.3. The van der Waals surface area contributed by atoms with Crippen molar-refractivity contribution >= 4 is 0 Å². The molecule has 0 aliphatic heterocycles. The van der Waals surface area contributed by atoms with Gasteiger partial charge in [0.2, 0.25) is 0 Å². The van der Waals surface area contributed by atoms with Crippen LogP contribution in [0, 0.1) is 0 Å². The standard InChI is InChI=1S/C11H14N4O/c1-15-5-10(13-6-15)11-9(14-7-16-11)4-12-8-2-3-8/h5-8,12H,2-4H2,1H3. The number of imidazole rings is 1. The van der Waals surface area contributed by atoms with E-state index in [-0.39, 0.29) is 0 Å². The van der Waals surface area contributed by atoms with Crippen LogP contribution in [0.25, 0.3) is 11.5 Å². The Morgan fingerprint density at radius 2 is 2.38 bits per heavy atom. The van der Waals surface area contributed by atoms with Gasteiger partial charge in [0, 0.05) is 25.8 Å². The van der Waals surface area contributed by atoms with Gasteiger partial charge in [-0.2, -0.15) is 0 Å². The number of nitrogens with zero attached hydrogens (tertiary/aromatic N) is 3. The van der Waals surface area contributed by atoms with Gasteiger partial charge in [-0.25, -0.2) is 9.97 Å². The molecule has 5 heteroatoms. The molecule has 1 N–H and O–H groups in total. The summed E-state index contributed by atoms with van der Waals surface area (Å²) in [6.07, 6.45) is 7.72. The zero-order valence-corrected chi connectivity index (χ0v) is 9.18. The number of hydrogen-bond donors (Lipinski definition) is 1. The number of rotatable bonds is 4. The van der Waals surface area contributed by atoms with E-state index in [0.29, 0.717) is 6.04 Å². The smallest absolute Gasteiger partial charge is 0.181 e. The van der Waals surface area contributed by atoms with Crippen LogP contribution in [-0.2, 0) is 13.6 Å². The summed E-state index contributed by atoms with van der Waals surface area (Å²) in [5, 5.41) is 3.42. The van der Waals surface area contributed by atoms with Crippen LogP contribution in [0.3, 0.4) is 0 Å². The van der Waals surface area contributed by atoms with Crippen LogP contribution >= 0.6 is 0 Å². The summed E-state index contributed by atoms with van der Waals surface area (Å²) in [4.78, 5) is 8.49. The van der Waals surface area contributed by atoms with Crippen LogP contribution in [-0.4, -0.2) is 20.6 Å². The van der Waals surface area contributed by atoms with E-state index in [9.17, 15) is 0 Å². The summed E-state index contributed by atoms with van der Waals surface area (Å²) >= 11 is 0. The molecule has 0 bridgehead atoms. The Bertz CT molecular complexity index is 484. The Labute approximate surface area is 93.5 Å². The van der Waals surface area contributed by atoms with E-state index >= 15 is 0 Å². The first-order valence-corrected chi connectivity index (χ1v) is 5.47. The lowest BCUT2D eigenvalue weighted by Crippen LogP contribution is -2.15. The molecule has 2 heterocycles. The maximum absolute atomic E-state index is 5.39. The molecule has 84 valence electrons. The normalized spacial score (nSPS) is 15.6. The van der Waals surface area contributed by atoms with Gasteiger partial charge in [-0.15, -0.1) is 0 Å². The molecule has 0 aromatic carbocycles. The van der Waals surface area contributed by atoms with E-state index in [0.717, 1.165) is 23.7 Å². The van der Waals surface area contributed by atoms with Crippen LogP contribution in [0.15, 0.2) is 23.3 Å². The molecule has 2 aromatic heterocycles. The van der Waals surface area contributed by atoms with E-state index in [1.807, 2.05) is 17.8 Å². The Balaban J connectivity index is 1.80. The zero-order valence-electron chi connectivity index (χ0n) is 9.18. The number of aromatic nitrogens is 3. The second-order valence-electron chi connectivity index (χ2n) is 4.21. The van der Waals surface area contributed by atoms with Crippen LogP contribution in [0.1, 0.15) is 18.5 Å². The van der Waals surface area contributed by atoms with Gasteiger partial charge in [0.25, 0.3) is 0 Å². The summed E-state index contributed by atoms with van der Waals surface area (Å²) < 4.78 is 7.29. The van der Waals surface area contributed by atoms with Gasteiger partial charge in [-0.05, 0) is 12.8 Å². The first kappa shape index (κ1) is 9.59. The second-order valence-corrected chi connectivity index (χ2v) is 4.21. The second kappa shape index (κ2) is 3.75. The van der Waals surface area contributed by atoms with E-state index in [1.165, 1.54) is 19.2 Å². The average molecular weight is 218 g/mol. The van der Waals surface area contributed by atoms with Gasteiger partial charge in [-0.1, -0.05) is 0 Å². The molecule has 1 saturated carbocycles. The fourth-order valence-electron chi connectivity index (χ4n) is 1.66. The fraction of sp³-hybridized carbons (Fsp3) is 0.455. The third kappa shape index (κ3) is 1.86. The maximum atomic E-state index is 5.39. The van der Waals surface area contributed by atoms with E-state index in [4.69, 9.17) is 4.42 Å². The first-order chi connectivity index (χ1) is 7.83. The highest BCUT2D eigenvalue weighted by Crippen LogP contribution is 2.23. The van der Waals surface area contributed by atoms with Crippen molar-refractivity contribution in [1.29, 1.82) is 0 Å². The number of aryl methyl sites for hydroxylation is 1. The topological polar surface area (TPSA) is 55.9 Å². The van der Waals surface area contributed by atoms with Crippen molar-refractivity contribution in [3.63, 3.8) is 0 Å². The van der Waals surface area contributed by atoms with Crippen molar-refractivity contribution in [1.82, 2.24) is 19.9 Å². The van der Waals surface area contributed by atoms with Gasteiger partial charge in [0.1, 0.15) is 11.4 Å². The average Bonchev–Trinajstić information content (AvgIpc) is 2.82. The van der Waals surface area contributed by atoms with Crippen molar-refractivity contribution in [2.45, 2.75) is 25.4 Å². The highest BCUT2D eigenvalue weighted by molar-refractivity contribution is 5.53. The Morgan fingerprint density at radius 3 is 3.06 bits per heavy atom. The molecule has 0 saturated heterocycles. The van der Waals surface area contributed by atoms with Gasteiger partial charge in [0.15, 0.2) is 12.2 Å². The fourth-order valence-corrected chi connectivity index (χ4v) is 1.66. The van der Waals surface area contributed by atoms with Crippen LogP contribution < -0.4 is 5.32 Å². The third-order valence-corrected chi connectivity index (χ3v) is 2.71. The predicted octanol–water partition coefficient (Wildman–Crippen LogP) is 1.33. The lowest BCUT2D eigenvalue weighted by molar-refractivity contribution is 0.567. The molecular weight excluding hydrogens is 204 g/mol. The molecule has 0 amide bonds. The molecule has 1 aliphatic carbocycles. The number of nitrogens with one attached hydrogen (secondary N) is 1. The molecule has 0 radical (unpaired) electrons. The molecule has 0 unspecified atom stereocenters. The Kier molecular flexibility index (Phi) is 2.25. The van der Waals surface area contributed by atoms with Crippen LogP contribution in [0.5, 0.6) is 0 Å². The van der Waals surface area contributed by atoms with Crippen molar-refractivity contribution in [3.8, 4) is 11.5 Å². The van der Waals surface area contributed by atoms with Gasteiger partial charge < -0.3 is 14.3 Å². The van der Waals surface area contributed by atoms with Crippen LogP contribution in [0.2, 0.25) is 0 Å². The minimum absolute atomic E-state index is 0.674. The maximum Gasteiger partial charge on any atom is 0.181 e. The Morgan fingerprint density at radius 1 is 1.50 bits per heavy atom. The molecule has 2 aromatic rings. The van der Waals surface area contributed by atoms with E-state index < -0.39 is 0 Å². The molecule has 1 aliphatic rings. The number of hydrogen-bond acceptors (Lipinski definition) is 4. The Hall–Kier alpha value is -1.62. The predicted molar refractivity (Wildman–Crippen MR) is 58.6 cm³/mol. The molecule has 1 fully saturated rings. The summed E-state index contributed by atoms with van der Waals surface area (Å²) in [5.74, 6) is 0.772. The zero-order chi connectivity index (χ0) is 11.0. The van der Waals surface area contributed by atoms with Crippen molar-refractivity contribution < 1.29 is 4.42 Å². The monoisotopic (exact) mass is 218 g/mol. The summed E-state index contributed by atoms with van der Waals surface area (Å²) in [7, 11) is 1.94. The number of oxazole rings is 1. The van der Waals surface area contributed by atoms with Gasteiger partial charge >= 0.3 is 0 Å². The van der Waals surface area contributed by atoms with Crippen molar-refractivity contribution in [2.75, 3.05) is 0 Å². The molecular formula is C11H14N4O. The quantitative estimate of drug-likeness (QED) is 0.841. The van der Waals surface area contributed by atoms with E-state index in [1.54, 1.807) is 6.33 Å². The van der Waals surface area contributed by atoms with Gasteiger partial charge in [0.05, 0.1) is 6.33 Å². The molecule has 0 spiro atoms. The molecule has 5 nitrogen and oxygen atoms in total. The molecule has 0 atom stereocenters. The van der Waals surface area contributed by atoms with Crippen molar-refractivity contribution in [3.05, 3.63) is 24.6 Å². The van der Waals surface area contributed by atoms with E-state index in [2.05, 4.69) is 15.3 Å². The largest absolute Gasteiger partial charge is 0.441 e. The summed E-state index contributed by atoms with van der Waals surface area (Å²) in [6, 6.07) is 0.674. The molecule has 3 rings (SSSR count). The highest BCUT2D eigenvalue weighted by Gasteiger charge is 2.22. The summed E-state index contributed by atoms with van der Waals surface area (Å²) in [6.45, 7) is 0.757. The van der Waals surface area contributed by atoms with Gasteiger partial charge in [-0.3, -0.25) is 0 Å². The third-order valence-electron chi connectivity index (χ3n) is 2.71. The first-order valence-electron chi connectivity index (χ1n) is 5.47. The SMILES string of the molecule is Cn1cnc(-c2ocnc2CNC2CC2)c1. The van der Waals surface area contributed by atoms with Crippen LogP contribution in [0.4, 0.5) is 0 Å². The minimum Gasteiger partial charge on any atom is -0.441 e. The lowest BCUT2D eigenvalue weighted by Gasteiger charge is -2.00. The molecule has 16 heavy (non-hydrogen) atoms. The minimum atomic E-state index is 0.674.